The van der Waals surface area contributed by atoms with E-state index in [9.17, 15) is 26.4 Å². The Morgan fingerprint density at radius 2 is 1.88 bits per heavy atom. The second kappa shape index (κ2) is 8.22. The molecule has 0 bridgehead atoms. The summed E-state index contributed by atoms with van der Waals surface area (Å²) in [5.41, 5.74) is 1.60. The standard InChI is InChI=1S/C22H21F3N4O3S/c1-13-6-9-16(11-19(13)28-33(2,31)32)27-21(30)18-12-26-29(20(18)14-7-8-14)17-5-3-4-15(10-17)22(23,24)25/h3-6,9-12,14,28H,7-8H2,1-2H3,(H,27,30). The summed E-state index contributed by atoms with van der Waals surface area (Å²) >= 11 is 0. The van der Waals surface area contributed by atoms with Gasteiger partial charge in [-0.2, -0.15) is 18.3 Å². The van der Waals surface area contributed by atoms with Crippen molar-refractivity contribution < 1.29 is 26.4 Å². The Bertz CT molecular complexity index is 1330. The van der Waals surface area contributed by atoms with Gasteiger partial charge < -0.3 is 5.32 Å². The Balaban J connectivity index is 1.66. The third-order valence-corrected chi connectivity index (χ3v) is 5.81. The largest absolute Gasteiger partial charge is 0.416 e. The lowest BCUT2D eigenvalue weighted by atomic mass is 10.1. The molecular weight excluding hydrogens is 457 g/mol. The van der Waals surface area contributed by atoms with Gasteiger partial charge >= 0.3 is 6.18 Å². The third-order valence-electron chi connectivity index (χ3n) is 5.22. The van der Waals surface area contributed by atoms with E-state index in [0.29, 0.717) is 22.6 Å². The number of halogens is 3. The SMILES string of the molecule is Cc1ccc(NC(=O)c2cnn(-c3cccc(C(F)(F)F)c3)c2C2CC2)cc1NS(C)(=O)=O. The van der Waals surface area contributed by atoms with Crippen LogP contribution in [-0.2, 0) is 16.2 Å². The molecule has 1 amide bonds. The summed E-state index contributed by atoms with van der Waals surface area (Å²) < 4.78 is 66.4. The second-order valence-electron chi connectivity index (χ2n) is 8.04. The quantitative estimate of drug-likeness (QED) is 0.537. The molecule has 1 aromatic heterocycles. The van der Waals surface area contributed by atoms with Gasteiger partial charge in [0.05, 0.1) is 40.6 Å². The van der Waals surface area contributed by atoms with E-state index in [1.165, 1.54) is 29.1 Å². The number of carbonyl (C=O) groups is 1. The number of nitrogens with one attached hydrogen (secondary N) is 2. The Labute approximate surface area is 188 Å². The van der Waals surface area contributed by atoms with Crippen molar-refractivity contribution in [2.45, 2.75) is 31.9 Å². The summed E-state index contributed by atoms with van der Waals surface area (Å²) in [5, 5.41) is 6.94. The van der Waals surface area contributed by atoms with E-state index in [-0.39, 0.29) is 17.2 Å². The maximum atomic E-state index is 13.2. The minimum atomic E-state index is -4.49. The van der Waals surface area contributed by atoms with Crippen LogP contribution >= 0.6 is 0 Å². The molecule has 0 atom stereocenters. The number of hydrogen-bond donors (Lipinski definition) is 2. The van der Waals surface area contributed by atoms with Crippen LogP contribution in [0.1, 0.15) is 45.9 Å². The highest BCUT2D eigenvalue weighted by Gasteiger charge is 2.34. The molecule has 33 heavy (non-hydrogen) atoms. The van der Waals surface area contributed by atoms with E-state index in [2.05, 4.69) is 15.1 Å². The summed E-state index contributed by atoms with van der Waals surface area (Å²) in [5.74, 6) is -0.465. The Morgan fingerprint density at radius 1 is 1.15 bits per heavy atom. The van der Waals surface area contributed by atoms with Crippen molar-refractivity contribution in [3.8, 4) is 5.69 Å². The molecule has 1 fully saturated rings. The van der Waals surface area contributed by atoms with Gasteiger partial charge in [-0.05, 0) is 55.7 Å². The van der Waals surface area contributed by atoms with Crippen molar-refractivity contribution >= 4 is 27.3 Å². The van der Waals surface area contributed by atoms with E-state index < -0.39 is 27.7 Å². The van der Waals surface area contributed by atoms with Gasteiger partial charge in [-0.1, -0.05) is 12.1 Å². The molecule has 11 heteroatoms. The summed E-state index contributed by atoms with van der Waals surface area (Å²) in [6.45, 7) is 1.73. The number of hydrogen-bond acceptors (Lipinski definition) is 4. The molecule has 0 aliphatic heterocycles. The van der Waals surface area contributed by atoms with Crippen LogP contribution in [0.3, 0.4) is 0 Å². The van der Waals surface area contributed by atoms with Crippen molar-refractivity contribution in [1.82, 2.24) is 9.78 Å². The highest BCUT2D eigenvalue weighted by molar-refractivity contribution is 7.92. The van der Waals surface area contributed by atoms with Gasteiger partial charge in [0.25, 0.3) is 5.91 Å². The van der Waals surface area contributed by atoms with E-state index in [0.717, 1.165) is 31.2 Å². The number of nitrogens with zero attached hydrogens (tertiary/aromatic N) is 2. The van der Waals surface area contributed by atoms with E-state index >= 15 is 0 Å². The maximum absolute atomic E-state index is 13.2. The van der Waals surface area contributed by atoms with E-state index in [4.69, 9.17) is 0 Å². The monoisotopic (exact) mass is 478 g/mol. The number of sulfonamides is 1. The van der Waals surface area contributed by atoms with Gasteiger partial charge in [-0.3, -0.25) is 9.52 Å². The number of aryl methyl sites for hydroxylation is 1. The topological polar surface area (TPSA) is 93.1 Å². The first kappa shape index (κ1) is 22.8. The molecule has 1 saturated carbocycles. The van der Waals surface area contributed by atoms with Crippen molar-refractivity contribution in [3.05, 3.63) is 71.0 Å². The molecule has 0 spiro atoms. The molecule has 0 unspecified atom stereocenters. The summed E-state index contributed by atoms with van der Waals surface area (Å²) in [4.78, 5) is 13.0. The predicted molar refractivity (Wildman–Crippen MR) is 118 cm³/mol. The fraction of sp³-hybridized carbons (Fsp3) is 0.273. The molecule has 0 radical (unpaired) electrons. The molecule has 0 saturated heterocycles. The van der Waals surface area contributed by atoms with Crippen LogP contribution in [0.2, 0.25) is 0 Å². The molecule has 2 aromatic carbocycles. The van der Waals surface area contributed by atoms with Gasteiger partial charge in [0.15, 0.2) is 0 Å². The normalized spacial score (nSPS) is 14.2. The molecule has 4 rings (SSSR count). The van der Waals surface area contributed by atoms with Crippen molar-refractivity contribution in [2.24, 2.45) is 0 Å². The van der Waals surface area contributed by atoms with Crippen LogP contribution in [0.5, 0.6) is 0 Å². The summed E-state index contributed by atoms with van der Waals surface area (Å²) in [6, 6.07) is 9.60. The van der Waals surface area contributed by atoms with E-state index in [1.54, 1.807) is 19.1 Å². The number of amides is 1. The van der Waals surface area contributed by atoms with Gasteiger partial charge in [-0.15, -0.1) is 0 Å². The van der Waals surface area contributed by atoms with Crippen LogP contribution in [0, 0.1) is 6.92 Å². The maximum Gasteiger partial charge on any atom is 0.416 e. The minimum Gasteiger partial charge on any atom is -0.322 e. The fourth-order valence-electron chi connectivity index (χ4n) is 3.51. The zero-order valence-electron chi connectivity index (χ0n) is 17.8. The highest BCUT2D eigenvalue weighted by atomic mass is 32.2. The minimum absolute atomic E-state index is 0.0169. The number of carbonyl (C=O) groups excluding carboxylic acids is 1. The molecule has 1 heterocycles. The van der Waals surface area contributed by atoms with Crippen LogP contribution in [0.4, 0.5) is 24.5 Å². The number of benzene rings is 2. The van der Waals surface area contributed by atoms with Crippen LogP contribution < -0.4 is 10.0 Å². The van der Waals surface area contributed by atoms with Crippen molar-refractivity contribution in [1.29, 1.82) is 0 Å². The first-order chi connectivity index (χ1) is 15.4. The summed E-state index contributed by atoms with van der Waals surface area (Å²) in [7, 11) is -3.50. The molecule has 2 N–H and O–H groups in total. The zero-order valence-corrected chi connectivity index (χ0v) is 18.6. The first-order valence-electron chi connectivity index (χ1n) is 10.1. The lowest BCUT2D eigenvalue weighted by Gasteiger charge is -2.13. The number of anilines is 2. The smallest absolute Gasteiger partial charge is 0.322 e. The zero-order chi connectivity index (χ0) is 24.0. The average molecular weight is 478 g/mol. The van der Waals surface area contributed by atoms with Gasteiger partial charge in [0.2, 0.25) is 10.0 Å². The Hall–Kier alpha value is -3.34. The Kier molecular flexibility index (Phi) is 5.69. The third kappa shape index (κ3) is 5.19. The lowest BCUT2D eigenvalue weighted by Crippen LogP contribution is -2.15. The van der Waals surface area contributed by atoms with Crippen LogP contribution in [-0.4, -0.2) is 30.4 Å². The number of rotatable bonds is 6. The first-order valence-corrected chi connectivity index (χ1v) is 12.0. The fourth-order valence-corrected chi connectivity index (χ4v) is 4.13. The van der Waals surface area contributed by atoms with E-state index in [1.807, 2.05) is 0 Å². The molecule has 1 aliphatic rings. The predicted octanol–water partition coefficient (Wildman–Crippen LogP) is 4.70. The number of alkyl halides is 3. The summed E-state index contributed by atoms with van der Waals surface area (Å²) in [6.07, 6.45) is -0.517. The molecule has 3 aromatic rings. The molecular formula is C22H21F3N4O3S. The van der Waals surface area contributed by atoms with Gasteiger partial charge in [-0.25, -0.2) is 13.1 Å². The van der Waals surface area contributed by atoms with Gasteiger partial charge in [0.1, 0.15) is 0 Å². The molecule has 7 nitrogen and oxygen atoms in total. The van der Waals surface area contributed by atoms with Crippen molar-refractivity contribution in [2.75, 3.05) is 16.3 Å². The molecule has 1 aliphatic carbocycles. The van der Waals surface area contributed by atoms with Crippen LogP contribution in [0.15, 0.2) is 48.7 Å². The van der Waals surface area contributed by atoms with Crippen molar-refractivity contribution in [3.63, 3.8) is 0 Å². The number of aromatic nitrogens is 2. The van der Waals surface area contributed by atoms with Crippen LogP contribution in [0.25, 0.3) is 5.69 Å². The Morgan fingerprint density at radius 3 is 2.52 bits per heavy atom. The highest BCUT2D eigenvalue weighted by Crippen LogP contribution is 2.43. The van der Waals surface area contributed by atoms with Gasteiger partial charge in [0, 0.05) is 11.6 Å². The lowest BCUT2D eigenvalue weighted by molar-refractivity contribution is -0.137. The second-order valence-corrected chi connectivity index (χ2v) is 9.78. The molecule has 174 valence electrons. The average Bonchev–Trinajstić information content (AvgIpc) is 3.46.